The molecule has 3 nitrogen and oxygen atoms in total. The highest BCUT2D eigenvalue weighted by Crippen LogP contribution is 2.25. The van der Waals surface area contributed by atoms with Crippen LogP contribution < -0.4 is 5.59 Å². The van der Waals surface area contributed by atoms with Gasteiger partial charge in [-0.05, 0) is 12.5 Å². The maximum atomic E-state index is 5.47. The van der Waals surface area contributed by atoms with Gasteiger partial charge in [0.15, 0.2) is 5.01 Å². The molecule has 0 aromatic carbocycles. The summed E-state index contributed by atoms with van der Waals surface area (Å²) in [7, 11) is 8.61. The average Bonchev–Trinajstić information content (AvgIpc) is 2.51. The van der Waals surface area contributed by atoms with E-state index in [1.807, 2.05) is 0 Å². The maximum absolute atomic E-state index is 5.47. The van der Waals surface area contributed by atoms with Crippen molar-refractivity contribution in [1.29, 1.82) is 0 Å². The number of hydrogen-bond donors (Lipinski definition) is 0. The SMILES string of the molecule is [B]c1csc(C(C)(OC)OC)n1. The van der Waals surface area contributed by atoms with Crippen molar-refractivity contribution < 1.29 is 9.47 Å². The number of methoxy groups -OCH3 is 2. The normalized spacial score (nSPS) is 11.9. The zero-order chi connectivity index (χ0) is 9.19. The summed E-state index contributed by atoms with van der Waals surface area (Å²) >= 11 is 1.42. The number of nitrogens with zero attached hydrogens (tertiary/aromatic N) is 1. The van der Waals surface area contributed by atoms with Crippen molar-refractivity contribution in [3.8, 4) is 0 Å². The Morgan fingerprint density at radius 1 is 1.50 bits per heavy atom. The molecule has 0 saturated carbocycles. The molecule has 5 heteroatoms. The first-order chi connectivity index (χ1) is 5.62. The second kappa shape index (κ2) is 3.55. The first-order valence-corrected chi connectivity index (χ1v) is 4.32. The van der Waals surface area contributed by atoms with Crippen molar-refractivity contribution in [2.45, 2.75) is 12.7 Å². The molecular weight excluding hydrogens is 173 g/mol. The lowest BCUT2D eigenvalue weighted by Gasteiger charge is -2.23. The Morgan fingerprint density at radius 2 is 2.08 bits per heavy atom. The fourth-order valence-electron chi connectivity index (χ4n) is 0.753. The summed E-state index contributed by atoms with van der Waals surface area (Å²) < 4.78 is 10.3. The minimum Gasteiger partial charge on any atom is -0.348 e. The molecule has 0 unspecified atom stereocenters. The average molecular weight is 183 g/mol. The van der Waals surface area contributed by atoms with Gasteiger partial charge in [0.25, 0.3) is 0 Å². The van der Waals surface area contributed by atoms with E-state index in [1.54, 1.807) is 26.5 Å². The summed E-state index contributed by atoms with van der Waals surface area (Å²) in [4.78, 5) is 4.07. The highest BCUT2D eigenvalue weighted by Gasteiger charge is 2.28. The molecule has 0 amide bonds. The minimum atomic E-state index is -0.776. The summed E-state index contributed by atoms with van der Waals surface area (Å²) in [6.07, 6.45) is 0. The zero-order valence-corrected chi connectivity index (χ0v) is 8.14. The molecule has 1 rings (SSSR count). The topological polar surface area (TPSA) is 31.4 Å². The van der Waals surface area contributed by atoms with Crippen LogP contribution in [0, 0.1) is 0 Å². The zero-order valence-electron chi connectivity index (χ0n) is 7.33. The van der Waals surface area contributed by atoms with E-state index >= 15 is 0 Å². The molecule has 0 fully saturated rings. The lowest BCUT2D eigenvalue weighted by molar-refractivity contribution is -0.201. The van der Waals surface area contributed by atoms with Crippen LogP contribution in [0.15, 0.2) is 5.38 Å². The predicted octanol–water partition coefficient (Wildman–Crippen LogP) is 0.402. The Bertz CT molecular complexity index is 260. The Morgan fingerprint density at radius 3 is 2.42 bits per heavy atom. The van der Waals surface area contributed by atoms with Gasteiger partial charge in [-0.1, -0.05) is 0 Å². The summed E-state index contributed by atoms with van der Waals surface area (Å²) in [6, 6.07) is 0. The predicted molar refractivity (Wildman–Crippen MR) is 48.9 cm³/mol. The first kappa shape index (κ1) is 9.70. The number of aromatic nitrogens is 1. The molecule has 0 N–H and O–H groups in total. The van der Waals surface area contributed by atoms with Gasteiger partial charge < -0.3 is 9.47 Å². The van der Waals surface area contributed by atoms with Crippen LogP contribution in [0.2, 0.25) is 0 Å². The van der Waals surface area contributed by atoms with Crippen LogP contribution in [-0.2, 0) is 15.3 Å². The first-order valence-electron chi connectivity index (χ1n) is 3.44. The Labute approximate surface area is 77.1 Å². The Balaban J connectivity index is 2.94. The largest absolute Gasteiger partial charge is 0.348 e. The van der Waals surface area contributed by atoms with Crippen molar-refractivity contribution in [2.75, 3.05) is 14.2 Å². The highest BCUT2D eigenvalue weighted by atomic mass is 32.1. The lowest BCUT2D eigenvalue weighted by Crippen LogP contribution is -2.27. The van der Waals surface area contributed by atoms with E-state index in [4.69, 9.17) is 17.3 Å². The van der Waals surface area contributed by atoms with Crippen LogP contribution in [-0.4, -0.2) is 27.0 Å². The second-order valence-corrected chi connectivity index (χ2v) is 3.29. The van der Waals surface area contributed by atoms with E-state index in [-0.39, 0.29) is 0 Å². The smallest absolute Gasteiger partial charge is 0.218 e. The van der Waals surface area contributed by atoms with Crippen LogP contribution in [0.3, 0.4) is 0 Å². The van der Waals surface area contributed by atoms with Crippen molar-refractivity contribution in [3.05, 3.63) is 10.4 Å². The summed E-state index contributed by atoms with van der Waals surface area (Å²) in [5.41, 5.74) is 0.496. The molecule has 0 bridgehead atoms. The molecular formula is C7H10BNO2S. The van der Waals surface area contributed by atoms with E-state index in [2.05, 4.69) is 4.98 Å². The van der Waals surface area contributed by atoms with Crippen LogP contribution in [0.5, 0.6) is 0 Å². The van der Waals surface area contributed by atoms with E-state index in [0.717, 1.165) is 5.01 Å². The van der Waals surface area contributed by atoms with Gasteiger partial charge in [0.1, 0.15) is 7.85 Å². The molecule has 1 aromatic heterocycles. The van der Waals surface area contributed by atoms with Gasteiger partial charge >= 0.3 is 0 Å². The molecule has 12 heavy (non-hydrogen) atoms. The lowest BCUT2D eigenvalue weighted by atomic mass is 10.1. The molecule has 0 spiro atoms. The number of ether oxygens (including phenoxy) is 2. The molecule has 1 aromatic rings. The molecule has 0 saturated heterocycles. The number of hydrogen-bond acceptors (Lipinski definition) is 4. The van der Waals surface area contributed by atoms with Crippen LogP contribution in [0.4, 0.5) is 0 Å². The van der Waals surface area contributed by atoms with Gasteiger partial charge in [0, 0.05) is 19.6 Å². The van der Waals surface area contributed by atoms with Crippen LogP contribution >= 0.6 is 11.3 Å². The van der Waals surface area contributed by atoms with E-state index in [1.165, 1.54) is 11.3 Å². The molecule has 64 valence electrons. The fraction of sp³-hybridized carbons (Fsp3) is 0.571. The fourth-order valence-corrected chi connectivity index (χ4v) is 1.58. The second-order valence-electron chi connectivity index (χ2n) is 2.43. The van der Waals surface area contributed by atoms with E-state index in [0.29, 0.717) is 5.59 Å². The van der Waals surface area contributed by atoms with Gasteiger partial charge in [0.05, 0.1) is 0 Å². The Kier molecular flexibility index (Phi) is 2.87. The standard InChI is InChI=1S/C7H10BNO2S/c1-7(10-2,11-3)6-9-5(8)4-12-6/h4H,1-3H3. The Hall–Kier alpha value is -0.385. The maximum Gasteiger partial charge on any atom is 0.218 e. The van der Waals surface area contributed by atoms with Crippen molar-refractivity contribution >= 4 is 24.8 Å². The van der Waals surface area contributed by atoms with Gasteiger partial charge in [-0.3, -0.25) is 4.98 Å². The van der Waals surface area contributed by atoms with Crippen molar-refractivity contribution in [2.24, 2.45) is 0 Å². The third-order valence-electron chi connectivity index (χ3n) is 1.69. The molecule has 0 aliphatic carbocycles. The summed E-state index contributed by atoms with van der Waals surface area (Å²) in [5, 5.41) is 2.48. The third-order valence-corrected chi connectivity index (χ3v) is 2.73. The van der Waals surface area contributed by atoms with Gasteiger partial charge in [-0.25, -0.2) is 0 Å². The van der Waals surface area contributed by atoms with Crippen LogP contribution in [0.1, 0.15) is 11.9 Å². The molecule has 2 radical (unpaired) electrons. The van der Waals surface area contributed by atoms with E-state index < -0.39 is 5.79 Å². The number of thiazole rings is 1. The molecule has 0 aliphatic heterocycles. The van der Waals surface area contributed by atoms with Gasteiger partial charge in [0.2, 0.25) is 5.79 Å². The number of rotatable bonds is 3. The van der Waals surface area contributed by atoms with Gasteiger partial charge in [-0.15, -0.1) is 11.3 Å². The van der Waals surface area contributed by atoms with E-state index in [9.17, 15) is 0 Å². The molecule has 0 atom stereocenters. The summed E-state index contributed by atoms with van der Waals surface area (Å²) in [6.45, 7) is 1.80. The minimum absolute atomic E-state index is 0.496. The molecule has 1 heterocycles. The summed E-state index contributed by atoms with van der Waals surface area (Å²) in [5.74, 6) is -0.776. The highest BCUT2D eigenvalue weighted by molar-refractivity contribution is 7.10. The third kappa shape index (κ3) is 1.68. The quantitative estimate of drug-likeness (QED) is 0.502. The molecule has 0 aliphatic rings. The van der Waals surface area contributed by atoms with Crippen molar-refractivity contribution in [3.63, 3.8) is 0 Å². The van der Waals surface area contributed by atoms with Crippen LogP contribution in [0.25, 0.3) is 0 Å². The van der Waals surface area contributed by atoms with Crippen molar-refractivity contribution in [1.82, 2.24) is 4.98 Å². The monoisotopic (exact) mass is 183 g/mol. The van der Waals surface area contributed by atoms with Gasteiger partial charge in [-0.2, -0.15) is 0 Å².